The van der Waals surface area contributed by atoms with Crippen LogP contribution in [0.15, 0.2) is 95.0 Å². The molecule has 6 aromatic rings. The molecule has 332 valence electrons. The minimum atomic E-state index is -5.01. The molecule has 0 unspecified atom stereocenters. The maximum Gasteiger partial charge on any atom is 0.304 e. The number of fused-ring (bicyclic) bond motifs is 2. The van der Waals surface area contributed by atoms with Gasteiger partial charge in [-0.15, -0.1) is 0 Å². The van der Waals surface area contributed by atoms with E-state index in [9.17, 15) is 55.3 Å². The summed E-state index contributed by atoms with van der Waals surface area (Å²) in [5.41, 5.74) is 0.235. The molecule has 0 spiro atoms. The number of aromatic hydroxyl groups is 2. The molecule has 2 amide bonds. The van der Waals surface area contributed by atoms with E-state index in [0.717, 1.165) is 24.3 Å². The van der Waals surface area contributed by atoms with Gasteiger partial charge in [0.2, 0.25) is 0 Å². The van der Waals surface area contributed by atoms with E-state index in [1.807, 2.05) is 0 Å². The first-order valence-corrected chi connectivity index (χ1v) is 23.8. The molecule has 0 aliphatic heterocycles. The first-order chi connectivity index (χ1) is 30.3. The molecule has 6 rings (SSSR count). The van der Waals surface area contributed by atoms with Gasteiger partial charge in [0, 0.05) is 57.6 Å². The van der Waals surface area contributed by atoms with Gasteiger partial charge in [-0.25, -0.2) is 0 Å². The molecule has 2 aromatic heterocycles. The third-order valence-corrected chi connectivity index (χ3v) is 13.2. The molecular formula is C42H36N4O14S4. The Morgan fingerprint density at radius 3 is 1.34 bits per heavy atom. The van der Waals surface area contributed by atoms with E-state index in [2.05, 4.69) is 20.6 Å². The number of amides is 2. The summed E-state index contributed by atoms with van der Waals surface area (Å²) in [7, 11) is -10.0. The third-order valence-electron chi connectivity index (χ3n) is 9.37. The summed E-state index contributed by atoms with van der Waals surface area (Å²) in [6.07, 6.45) is 4.85. The van der Waals surface area contributed by atoms with E-state index in [4.69, 9.17) is 10.2 Å². The topological polar surface area (TPSA) is 308 Å². The monoisotopic (exact) mass is 948 g/mol. The predicted octanol–water partition coefficient (Wildman–Crippen LogP) is 6.78. The molecule has 0 bridgehead atoms. The van der Waals surface area contributed by atoms with Crippen molar-refractivity contribution in [2.45, 2.75) is 34.1 Å². The fraction of sp³-hybridized carbons (Fsp3) is 0.143. The van der Waals surface area contributed by atoms with E-state index >= 15 is 0 Å². The Kier molecular flexibility index (Phi) is 14.6. The van der Waals surface area contributed by atoms with E-state index in [1.165, 1.54) is 72.3 Å². The normalized spacial score (nSPS) is 11.8. The molecule has 0 radical (unpaired) electrons. The highest BCUT2D eigenvalue weighted by Crippen LogP contribution is 2.35. The zero-order valence-corrected chi connectivity index (χ0v) is 36.2. The fourth-order valence-corrected chi connectivity index (χ4v) is 9.66. The number of carbonyl (C=O) groups excluding carboxylic acids is 2. The van der Waals surface area contributed by atoms with Gasteiger partial charge in [0.05, 0.1) is 24.0 Å². The molecule has 0 atom stereocenters. The number of carboxylic acids is 2. The van der Waals surface area contributed by atoms with E-state index in [-0.39, 0.29) is 80.5 Å². The second-order valence-corrected chi connectivity index (χ2v) is 18.7. The maximum absolute atomic E-state index is 13.5. The number of hydrogen-bond donors (Lipinski definition) is 8. The molecule has 4 aromatic carbocycles. The number of nitrogens with zero attached hydrogens (tertiary/aromatic N) is 2. The van der Waals surface area contributed by atoms with Crippen molar-refractivity contribution in [3.8, 4) is 11.5 Å². The Labute approximate surface area is 373 Å². The lowest BCUT2D eigenvalue weighted by atomic mass is 10.0. The third kappa shape index (κ3) is 11.3. The molecular weight excluding hydrogens is 913 g/mol. The van der Waals surface area contributed by atoms with Crippen LogP contribution in [0.25, 0.3) is 34.0 Å². The zero-order chi connectivity index (χ0) is 46.3. The van der Waals surface area contributed by atoms with Crippen molar-refractivity contribution in [1.82, 2.24) is 9.97 Å². The van der Waals surface area contributed by atoms with E-state index < -0.39 is 65.3 Å². The average molecular weight is 949 g/mol. The van der Waals surface area contributed by atoms with Crippen molar-refractivity contribution in [2.75, 3.05) is 22.1 Å². The second-order valence-electron chi connectivity index (χ2n) is 13.8. The van der Waals surface area contributed by atoms with Crippen molar-refractivity contribution in [1.29, 1.82) is 0 Å². The highest BCUT2D eigenvalue weighted by Gasteiger charge is 2.23. The first kappa shape index (κ1) is 46.9. The van der Waals surface area contributed by atoms with Gasteiger partial charge in [-0.3, -0.25) is 38.3 Å². The number of nitrogens with one attached hydrogen (secondary N) is 2. The Hall–Kier alpha value is -6.56. The largest absolute Gasteiger partial charge is 0.505 e. The van der Waals surface area contributed by atoms with Crippen molar-refractivity contribution in [2.24, 2.45) is 0 Å². The molecule has 22 heteroatoms. The van der Waals surface area contributed by atoms with Crippen molar-refractivity contribution in [3.05, 3.63) is 119 Å². The molecule has 0 saturated carbocycles. The van der Waals surface area contributed by atoms with Crippen LogP contribution in [0, 0.1) is 0 Å². The lowest BCUT2D eigenvalue weighted by Crippen LogP contribution is -2.14. The summed E-state index contributed by atoms with van der Waals surface area (Å²) in [6.45, 7) is 0. The Bertz CT molecular complexity index is 2900. The van der Waals surface area contributed by atoms with Crippen LogP contribution in [-0.2, 0) is 41.3 Å². The molecule has 0 aliphatic carbocycles. The van der Waals surface area contributed by atoms with Crippen LogP contribution >= 0.6 is 23.5 Å². The van der Waals surface area contributed by atoms with Gasteiger partial charge in [0.15, 0.2) is 11.5 Å². The van der Waals surface area contributed by atoms with Gasteiger partial charge in [-0.2, -0.15) is 40.4 Å². The summed E-state index contributed by atoms with van der Waals surface area (Å²) in [4.78, 5) is 55.9. The lowest BCUT2D eigenvalue weighted by Gasteiger charge is -2.14. The summed E-state index contributed by atoms with van der Waals surface area (Å²) >= 11 is 2.57. The average Bonchev–Trinajstić information content (AvgIpc) is 3.24. The van der Waals surface area contributed by atoms with Crippen LogP contribution in [0.2, 0.25) is 0 Å². The summed E-state index contributed by atoms with van der Waals surface area (Å²) < 4.78 is 70.7. The number of anilines is 2. The van der Waals surface area contributed by atoms with Gasteiger partial charge in [-0.05, 0) is 70.8 Å². The minimum Gasteiger partial charge on any atom is -0.505 e. The Morgan fingerprint density at radius 1 is 0.594 bits per heavy atom. The van der Waals surface area contributed by atoms with Crippen LogP contribution < -0.4 is 10.6 Å². The van der Waals surface area contributed by atoms with E-state index in [0.29, 0.717) is 21.9 Å². The molecule has 8 N–H and O–H groups in total. The van der Waals surface area contributed by atoms with Crippen molar-refractivity contribution >= 4 is 113 Å². The first-order valence-electron chi connectivity index (χ1n) is 18.6. The highest BCUT2D eigenvalue weighted by atomic mass is 32.2. The van der Waals surface area contributed by atoms with Crippen molar-refractivity contribution in [3.63, 3.8) is 0 Å². The van der Waals surface area contributed by atoms with E-state index in [1.54, 1.807) is 24.3 Å². The zero-order valence-electron chi connectivity index (χ0n) is 33.0. The molecule has 64 heavy (non-hydrogen) atoms. The number of thioether (sulfide) groups is 2. The number of hydrogen-bond acceptors (Lipinski definition) is 14. The van der Waals surface area contributed by atoms with Crippen LogP contribution in [0.5, 0.6) is 11.5 Å². The Balaban J connectivity index is 1.25. The SMILES string of the molecule is O=C(O)CCSCc1cc(C(=O)Nc2ccc(/C=C\c3ccc(NC(=O)c4cc(CSCCC(=O)O)c5cccnc5c4O)cc3S(=O)(=O)O)c(S(=O)(=O)O)c2)c(O)c2ncccc12. The van der Waals surface area contributed by atoms with Gasteiger partial charge in [-0.1, -0.05) is 36.4 Å². The second kappa shape index (κ2) is 19.9. The summed E-state index contributed by atoms with van der Waals surface area (Å²) in [5.74, 6) is -3.56. The molecule has 0 saturated heterocycles. The van der Waals surface area contributed by atoms with Gasteiger partial charge in [0.1, 0.15) is 20.8 Å². The number of phenolic OH excluding ortho intramolecular Hbond substituents is 2. The number of aliphatic carboxylic acids is 2. The van der Waals surface area contributed by atoms with Gasteiger partial charge >= 0.3 is 11.9 Å². The maximum atomic E-state index is 13.5. The van der Waals surface area contributed by atoms with Crippen LogP contribution in [-0.4, -0.2) is 91.6 Å². The van der Waals surface area contributed by atoms with Gasteiger partial charge in [0.25, 0.3) is 32.1 Å². The van der Waals surface area contributed by atoms with Crippen LogP contribution in [0.1, 0.15) is 55.8 Å². The summed E-state index contributed by atoms with van der Waals surface area (Å²) in [5, 5.41) is 46.0. The predicted molar refractivity (Wildman–Crippen MR) is 241 cm³/mol. The Morgan fingerprint density at radius 2 is 0.984 bits per heavy atom. The number of rotatable bonds is 18. The molecule has 0 aliphatic rings. The number of aromatic nitrogens is 2. The van der Waals surface area contributed by atoms with Crippen LogP contribution in [0.3, 0.4) is 0 Å². The fourth-order valence-electron chi connectivity index (χ4n) is 6.39. The quantitative estimate of drug-likeness (QED) is 0.0250. The number of pyridine rings is 2. The number of phenols is 2. The number of benzene rings is 4. The van der Waals surface area contributed by atoms with Gasteiger partial charge < -0.3 is 31.1 Å². The number of carboxylic acid groups (broad SMARTS) is 2. The summed E-state index contributed by atoms with van der Waals surface area (Å²) in [6, 6.07) is 16.2. The van der Waals surface area contributed by atoms with Crippen LogP contribution in [0.4, 0.5) is 11.4 Å². The lowest BCUT2D eigenvalue weighted by molar-refractivity contribution is -0.137. The highest BCUT2D eigenvalue weighted by molar-refractivity contribution is 7.98. The number of carbonyl (C=O) groups is 4. The molecule has 18 nitrogen and oxygen atoms in total. The van der Waals surface area contributed by atoms with Crippen molar-refractivity contribution < 1.29 is 65.5 Å². The molecule has 0 fully saturated rings. The minimum absolute atomic E-state index is 0.0949. The molecule has 2 heterocycles. The standard InChI is InChI=1S/C42H36N4O14S4/c47-35(48)11-15-61-21-25-17-31(39(51)37-29(25)3-1-13-43-37)41(53)45-27-9-7-23(33(19-27)63(55,56)57)5-6-24-8-10-28(20-34(24)64(58,59)60)46-42(54)32-18-26(22-62-16-12-36(49)50)30-4-2-14-44-38(30)40(32)52/h1-10,13-14,17-20,51-52H,11-12,15-16,21-22H2,(H,45,53)(H,46,54)(H,47,48)(H,49,50)(H,55,56,57)(H,58,59,60)/b6-5-. The smallest absolute Gasteiger partial charge is 0.304 e.